The topological polar surface area (TPSA) is 50.4 Å². The Morgan fingerprint density at radius 3 is 2.43 bits per heavy atom. The lowest BCUT2D eigenvalue weighted by molar-refractivity contribution is 0.0497. The summed E-state index contributed by atoms with van der Waals surface area (Å²) in [7, 11) is 0. The first-order chi connectivity index (χ1) is 10.7. The van der Waals surface area contributed by atoms with Gasteiger partial charge >= 0.3 is 6.09 Å². The predicted molar refractivity (Wildman–Crippen MR) is 88.7 cm³/mol. The summed E-state index contributed by atoms with van der Waals surface area (Å²) in [5, 5.41) is 6.51. The fourth-order valence-electron chi connectivity index (χ4n) is 2.96. The molecule has 1 saturated carbocycles. The Kier molecular flexibility index (Phi) is 5.63. The van der Waals surface area contributed by atoms with Gasteiger partial charge in [-0.15, -0.1) is 0 Å². The fraction of sp³-hybridized carbons (Fsp3) is 0.611. The number of nitrogens with one attached hydrogen (secondary N) is 2. The van der Waals surface area contributed by atoms with Crippen LogP contribution in [0.2, 0.25) is 0 Å². The number of halogens is 1. The monoisotopic (exact) mass is 322 g/mol. The van der Waals surface area contributed by atoms with Crippen molar-refractivity contribution in [2.45, 2.75) is 70.7 Å². The number of rotatable bonds is 4. The van der Waals surface area contributed by atoms with Crippen molar-refractivity contribution < 1.29 is 13.9 Å². The highest BCUT2D eigenvalue weighted by Crippen LogP contribution is 2.23. The molecule has 1 aliphatic rings. The molecule has 1 aromatic carbocycles. The summed E-state index contributed by atoms with van der Waals surface area (Å²) in [6.07, 6.45) is 2.64. The van der Waals surface area contributed by atoms with E-state index in [1.54, 1.807) is 12.1 Å². The molecule has 0 aromatic heterocycles. The zero-order chi connectivity index (χ0) is 17.0. The zero-order valence-electron chi connectivity index (χ0n) is 14.4. The number of hydrogen-bond donors (Lipinski definition) is 2. The number of alkyl carbamates (subject to hydrolysis) is 1. The molecule has 4 nitrogen and oxygen atoms in total. The maximum Gasteiger partial charge on any atom is 0.407 e. The lowest BCUT2D eigenvalue weighted by atomic mass is 10.1. The fourth-order valence-corrected chi connectivity index (χ4v) is 2.96. The van der Waals surface area contributed by atoms with Gasteiger partial charge in [-0.2, -0.15) is 0 Å². The number of hydrogen-bond acceptors (Lipinski definition) is 3. The second-order valence-corrected chi connectivity index (χ2v) is 7.23. The van der Waals surface area contributed by atoms with E-state index in [4.69, 9.17) is 4.74 Å². The third-order valence-electron chi connectivity index (χ3n) is 4.05. The third-order valence-corrected chi connectivity index (χ3v) is 4.05. The summed E-state index contributed by atoms with van der Waals surface area (Å²) in [6, 6.07) is 6.88. The first kappa shape index (κ1) is 17.7. The van der Waals surface area contributed by atoms with Crippen molar-refractivity contribution in [1.82, 2.24) is 10.6 Å². The molecular weight excluding hydrogens is 295 g/mol. The molecule has 2 N–H and O–H groups in total. The van der Waals surface area contributed by atoms with Gasteiger partial charge in [-0.05, 0) is 64.7 Å². The van der Waals surface area contributed by atoms with Crippen LogP contribution in [0.5, 0.6) is 0 Å². The van der Waals surface area contributed by atoms with Crippen LogP contribution in [0.1, 0.15) is 58.6 Å². The van der Waals surface area contributed by atoms with Gasteiger partial charge in [-0.3, -0.25) is 0 Å². The second kappa shape index (κ2) is 7.30. The molecule has 0 aliphatic heterocycles. The van der Waals surface area contributed by atoms with E-state index in [9.17, 15) is 9.18 Å². The van der Waals surface area contributed by atoms with Crippen molar-refractivity contribution in [3.8, 4) is 0 Å². The number of amides is 1. The Morgan fingerprint density at radius 2 is 1.83 bits per heavy atom. The number of carbonyl (C=O) groups is 1. The van der Waals surface area contributed by atoms with Crippen LogP contribution in [0.25, 0.3) is 0 Å². The van der Waals surface area contributed by atoms with Gasteiger partial charge in [0.25, 0.3) is 0 Å². The lowest BCUT2D eigenvalue weighted by Crippen LogP contribution is -2.48. The highest BCUT2D eigenvalue weighted by molar-refractivity contribution is 5.68. The Bertz CT molecular complexity index is 525. The van der Waals surface area contributed by atoms with Crippen LogP contribution in [0.4, 0.5) is 9.18 Å². The van der Waals surface area contributed by atoms with Crippen LogP contribution in [0, 0.1) is 5.82 Å². The van der Waals surface area contributed by atoms with Crippen LogP contribution in [-0.2, 0) is 4.74 Å². The average molecular weight is 322 g/mol. The van der Waals surface area contributed by atoms with E-state index in [1.807, 2.05) is 20.8 Å². The van der Waals surface area contributed by atoms with Gasteiger partial charge < -0.3 is 15.4 Å². The molecule has 0 spiro atoms. The Morgan fingerprint density at radius 1 is 1.22 bits per heavy atom. The smallest absolute Gasteiger partial charge is 0.407 e. The first-order valence-electron chi connectivity index (χ1n) is 8.25. The molecule has 1 amide bonds. The van der Waals surface area contributed by atoms with Crippen molar-refractivity contribution in [1.29, 1.82) is 0 Å². The third kappa shape index (κ3) is 5.50. The molecule has 1 aromatic rings. The maximum atomic E-state index is 13.0. The Balaban J connectivity index is 1.91. The van der Waals surface area contributed by atoms with Crippen molar-refractivity contribution in [2.24, 2.45) is 0 Å². The van der Waals surface area contributed by atoms with Crippen molar-refractivity contribution in [2.75, 3.05) is 0 Å². The molecular formula is C18H27FN2O2. The first-order valence-corrected chi connectivity index (χ1v) is 8.25. The van der Waals surface area contributed by atoms with Gasteiger partial charge in [0.1, 0.15) is 11.4 Å². The maximum absolute atomic E-state index is 13.0. The molecule has 0 heterocycles. The molecule has 0 radical (unpaired) electrons. The van der Waals surface area contributed by atoms with Gasteiger partial charge in [0.2, 0.25) is 0 Å². The van der Waals surface area contributed by atoms with Crippen LogP contribution < -0.4 is 10.6 Å². The average Bonchev–Trinajstić information content (AvgIpc) is 2.84. The van der Waals surface area contributed by atoms with E-state index in [-0.39, 0.29) is 30.0 Å². The molecule has 2 rings (SSSR count). The van der Waals surface area contributed by atoms with Crippen LogP contribution >= 0.6 is 0 Å². The summed E-state index contributed by atoms with van der Waals surface area (Å²) < 4.78 is 18.3. The summed E-state index contributed by atoms with van der Waals surface area (Å²) in [5.41, 5.74) is 0.543. The zero-order valence-corrected chi connectivity index (χ0v) is 14.4. The summed E-state index contributed by atoms with van der Waals surface area (Å²) >= 11 is 0. The lowest BCUT2D eigenvalue weighted by Gasteiger charge is -2.27. The van der Waals surface area contributed by atoms with Gasteiger partial charge in [0.15, 0.2) is 0 Å². The number of benzene rings is 1. The van der Waals surface area contributed by atoms with Crippen LogP contribution in [-0.4, -0.2) is 23.8 Å². The van der Waals surface area contributed by atoms with E-state index >= 15 is 0 Å². The molecule has 1 aliphatic carbocycles. The van der Waals surface area contributed by atoms with E-state index in [2.05, 4.69) is 17.6 Å². The van der Waals surface area contributed by atoms with Crippen LogP contribution in [0.15, 0.2) is 24.3 Å². The molecule has 23 heavy (non-hydrogen) atoms. The second-order valence-electron chi connectivity index (χ2n) is 7.23. The molecule has 1 fully saturated rings. The van der Waals surface area contributed by atoms with Crippen LogP contribution in [0.3, 0.4) is 0 Å². The van der Waals surface area contributed by atoms with Crippen molar-refractivity contribution in [3.63, 3.8) is 0 Å². The van der Waals surface area contributed by atoms with Crippen molar-refractivity contribution >= 4 is 6.09 Å². The highest BCUT2D eigenvalue weighted by atomic mass is 19.1. The minimum absolute atomic E-state index is 0.0627. The van der Waals surface area contributed by atoms with Gasteiger partial charge in [-0.25, -0.2) is 9.18 Å². The van der Waals surface area contributed by atoms with Gasteiger partial charge in [-0.1, -0.05) is 12.1 Å². The normalized spacial score (nSPS) is 22.7. The minimum atomic E-state index is -0.493. The molecule has 3 unspecified atom stereocenters. The largest absolute Gasteiger partial charge is 0.444 e. The van der Waals surface area contributed by atoms with Crippen molar-refractivity contribution in [3.05, 3.63) is 35.6 Å². The summed E-state index contributed by atoms with van der Waals surface area (Å²) in [5.74, 6) is -0.230. The predicted octanol–water partition coefficient (Wildman–Crippen LogP) is 3.92. The van der Waals surface area contributed by atoms with E-state index in [0.29, 0.717) is 0 Å². The quantitative estimate of drug-likeness (QED) is 0.883. The van der Waals surface area contributed by atoms with E-state index in [1.165, 1.54) is 12.1 Å². The molecule has 0 saturated heterocycles. The molecule has 3 atom stereocenters. The van der Waals surface area contributed by atoms with Gasteiger partial charge in [0, 0.05) is 18.1 Å². The van der Waals surface area contributed by atoms with E-state index in [0.717, 1.165) is 24.8 Å². The standard InChI is InChI=1S/C18H27FN2O2/c1-12(13-8-10-14(19)11-9-13)20-15-6-5-7-16(15)21-17(22)23-18(2,3)4/h8-12,15-16,20H,5-7H2,1-4H3,(H,21,22). The molecule has 0 bridgehead atoms. The SMILES string of the molecule is CC(NC1CCCC1NC(=O)OC(C)(C)C)c1ccc(F)cc1. The van der Waals surface area contributed by atoms with Gasteiger partial charge in [0.05, 0.1) is 0 Å². The Hall–Kier alpha value is -1.62. The summed E-state index contributed by atoms with van der Waals surface area (Å²) in [6.45, 7) is 7.62. The minimum Gasteiger partial charge on any atom is -0.444 e. The number of ether oxygens (including phenoxy) is 1. The van der Waals surface area contributed by atoms with E-state index < -0.39 is 5.60 Å². The Labute approximate surface area is 137 Å². The number of carbonyl (C=O) groups excluding carboxylic acids is 1. The highest BCUT2D eigenvalue weighted by Gasteiger charge is 2.31. The summed E-state index contributed by atoms with van der Waals surface area (Å²) in [4.78, 5) is 12.0. The molecule has 128 valence electrons. The molecule has 5 heteroatoms.